The summed E-state index contributed by atoms with van der Waals surface area (Å²) in [5, 5.41) is 14.0. The molecule has 0 aliphatic carbocycles. The van der Waals surface area contributed by atoms with Gasteiger partial charge in [0.25, 0.3) is 5.91 Å². The fourth-order valence-corrected chi connectivity index (χ4v) is 3.82. The Labute approximate surface area is 195 Å². The topological polar surface area (TPSA) is 72.2 Å². The van der Waals surface area contributed by atoms with Crippen molar-refractivity contribution in [3.05, 3.63) is 95.0 Å². The number of hydrogen-bond donors (Lipinski definition) is 1. The molecule has 6 nitrogen and oxygen atoms in total. The number of benzene rings is 3. The summed E-state index contributed by atoms with van der Waals surface area (Å²) >= 11 is 7.17. The second-order valence-corrected chi connectivity index (χ2v) is 8.36. The molecule has 0 spiro atoms. The lowest BCUT2D eigenvalue weighted by Crippen LogP contribution is -2.20. The first kappa shape index (κ1) is 21.8. The summed E-state index contributed by atoms with van der Waals surface area (Å²) in [6.07, 6.45) is 1.57. The summed E-state index contributed by atoms with van der Waals surface area (Å²) in [6.45, 7) is 2.04. The Morgan fingerprint density at radius 1 is 1.03 bits per heavy atom. The van der Waals surface area contributed by atoms with Crippen LogP contribution in [-0.4, -0.2) is 32.6 Å². The smallest absolute Gasteiger partial charge is 0.250 e. The first-order valence-corrected chi connectivity index (χ1v) is 11.2. The van der Waals surface area contributed by atoms with Crippen molar-refractivity contribution in [2.45, 2.75) is 12.1 Å². The molecule has 0 aliphatic heterocycles. The number of nitrogens with zero attached hydrogens (tertiary/aromatic N) is 4. The minimum Gasteiger partial charge on any atom is -0.272 e. The molecule has 4 aromatic rings. The predicted molar refractivity (Wildman–Crippen MR) is 129 cm³/mol. The Balaban J connectivity index is 1.49. The fourth-order valence-electron chi connectivity index (χ4n) is 2.95. The van der Waals surface area contributed by atoms with E-state index < -0.39 is 0 Å². The molecule has 1 heterocycles. The molecule has 1 N–H and O–H groups in total. The molecule has 0 saturated carbocycles. The minimum absolute atomic E-state index is 0.150. The van der Waals surface area contributed by atoms with Crippen molar-refractivity contribution in [1.82, 2.24) is 20.2 Å². The average Bonchev–Trinajstić information content (AvgIpc) is 3.24. The van der Waals surface area contributed by atoms with Gasteiger partial charge in [-0.2, -0.15) is 5.10 Å². The summed E-state index contributed by atoms with van der Waals surface area (Å²) in [6, 6.07) is 25.1. The van der Waals surface area contributed by atoms with Gasteiger partial charge in [0.1, 0.15) is 0 Å². The van der Waals surface area contributed by atoms with E-state index in [9.17, 15) is 4.79 Å². The zero-order chi connectivity index (χ0) is 22.3. The van der Waals surface area contributed by atoms with Crippen molar-refractivity contribution in [3.8, 4) is 17.1 Å². The van der Waals surface area contributed by atoms with Crippen molar-refractivity contribution >= 4 is 35.5 Å². The number of rotatable bonds is 7. The normalized spacial score (nSPS) is 11.1. The van der Waals surface area contributed by atoms with Crippen LogP contribution in [0.25, 0.3) is 17.1 Å². The molecule has 160 valence electrons. The van der Waals surface area contributed by atoms with Crippen molar-refractivity contribution < 1.29 is 4.79 Å². The Morgan fingerprint density at radius 3 is 2.47 bits per heavy atom. The number of hydrazone groups is 1. The molecule has 0 saturated heterocycles. The van der Waals surface area contributed by atoms with Gasteiger partial charge >= 0.3 is 0 Å². The number of aryl methyl sites for hydroxylation is 1. The Bertz CT molecular complexity index is 1220. The van der Waals surface area contributed by atoms with Gasteiger partial charge < -0.3 is 0 Å². The molecule has 1 amide bonds. The number of hydrogen-bond acceptors (Lipinski definition) is 5. The zero-order valence-electron chi connectivity index (χ0n) is 17.3. The quantitative estimate of drug-likeness (QED) is 0.235. The highest BCUT2D eigenvalue weighted by atomic mass is 35.5. The second-order valence-electron chi connectivity index (χ2n) is 6.98. The summed E-state index contributed by atoms with van der Waals surface area (Å²) < 4.78 is 1.96. The van der Waals surface area contributed by atoms with E-state index in [2.05, 4.69) is 20.7 Å². The van der Waals surface area contributed by atoms with Crippen LogP contribution in [0.5, 0.6) is 0 Å². The summed E-state index contributed by atoms with van der Waals surface area (Å²) in [5.74, 6) is 0.634. The summed E-state index contributed by atoms with van der Waals surface area (Å²) in [4.78, 5) is 12.3. The molecule has 8 heteroatoms. The molecule has 0 bridgehead atoms. The third-order valence-corrected chi connectivity index (χ3v) is 5.74. The molecule has 1 aromatic heterocycles. The molecule has 0 radical (unpaired) electrons. The van der Waals surface area contributed by atoms with Gasteiger partial charge in [-0.15, -0.1) is 10.2 Å². The molecular weight excluding hydrogens is 442 g/mol. The molecular formula is C24H20ClN5OS. The van der Waals surface area contributed by atoms with Gasteiger partial charge in [0, 0.05) is 16.3 Å². The number of halogens is 1. The monoisotopic (exact) mass is 461 g/mol. The molecule has 0 fully saturated rings. The van der Waals surface area contributed by atoms with Crippen LogP contribution < -0.4 is 5.43 Å². The van der Waals surface area contributed by atoms with E-state index in [4.69, 9.17) is 11.6 Å². The first-order chi connectivity index (χ1) is 15.6. The molecule has 0 unspecified atom stereocenters. The standard InChI is InChI=1S/C24H20ClN5OS/c1-17-7-13-21(14-8-17)30-23(19-5-3-2-4-6-19)28-29-24(30)32-16-22(31)27-26-15-18-9-11-20(25)12-10-18/h2-15H,16H2,1H3,(H,27,31). The molecule has 0 atom stereocenters. The van der Waals surface area contributed by atoms with Crippen LogP contribution in [0.1, 0.15) is 11.1 Å². The van der Waals surface area contributed by atoms with Gasteiger partial charge in [-0.3, -0.25) is 9.36 Å². The van der Waals surface area contributed by atoms with Gasteiger partial charge in [0.15, 0.2) is 11.0 Å². The zero-order valence-corrected chi connectivity index (χ0v) is 18.8. The Kier molecular flexibility index (Phi) is 6.99. The second kappa shape index (κ2) is 10.3. The van der Waals surface area contributed by atoms with Crippen LogP contribution in [0, 0.1) is 6.92 Å². The lowest BCUT2D eigenvalue weighted by molar-refractivity contribution is -0.118. The maximum absolute atomic E-state index is 12.3. The van der Waals surface area contributed by atoms with E-state index in [-0.39, 0.29) is 11.7 Å². The maximum Gasteiger partial charge on any atom is 0.250 e. The number of amides is 1. The van der Waals surface area contributed by atoms with Crippen LogP contribution in [0.2, 0.25) is 5.02 Å². The third-order valence-electron chi connectivity index (χ3n) is 4.56. The van der Waals surface area contributed by atoms with Gasteiger partial charge in [-0.25, -0.2) is 5.43 Å². The number of carbonyl (C=O) groups excluding carboxylic acids is 1. The van der Waals surface area contributed by atoms with Crippen LogP contribution in [0.15, 0.2) is 89.1 Å². The van der Waals surface area contributed by atoms with E-state index in [0.717, 1.165) is 28.2 Å². The summed E-state index contributed by atoms with van der Waals surface area (Å²) in [5.41, 5.74) is 6.43. The van der Waals surface area contributed by atoms with E-state index in [1.165, 1.54) is 11.8 Å². The Morgan fingerprint density at radius 2 is 1.75 bits per heavy atom. The van der Waals surface area contributed by atoms with Crippen molar-refractivity contribution in [1.29, 1.82) is 0 Å². The highest BCUT2D eigenvalue weighted by molar-refractivity contribution is 7.99. The first-order valence-electron chi connectivity index (χ1n) is 9.88. The van der Waals surface area contributed by atoms with Crippen molar-refractivity contribution in [2.75, 3.05) is 5.75 Å². The van der Waals surface area contributed by atoms with Crippen LogP contribution in [0.4, 0.5) is 0 Å². The number of nitrogens with one attached hydrogen (secondary N) is 1. The minimum atomic E-state index is -0.236. The van der Waals surface area contributed by atoms with Crippen LogP contribution in [0.3, 0.4) is 0 Å². The van der Waals surface area contributed by atoms with E-state index in [0.29, 0.717) is 10.2 Å². The van der Waals surface area contributed by atoms with Gasteiger partial charge in [0.05, 0.1) is 12.0 Å². The van der Waals surface area contributed by atoms with Gasteiger partial charge in [0.2, 0.25) is 0 Å². The number of thioether (sulfide) groups is 1. The Hall–Kier alpha value is -3.42. The van der Waals surface area contributed by atoms with E-state index in [1.54, 1.807) is 18.3 Å². The summed E-state index contributed by atoms with van der Waals surface area (Å²) in [7, 11) is 0. The largest absolute Gasteiger partial charge is 0.272 e. The lowest BCUT2D eigenvalue weighted by Gasteiger charge is -2.10. The maximum atomic E-state index is 12.3. The molecule has 3 aromatic carbocycles. The highest BCUT2D eigenvalue weighted by Gasteiger charge is 2.17. The molecule has 32 heavy (non-hydrogen) atoms. The third kappa shape index (κ3) is 5.43. The number of carbonyl (C=O) groups is 1. The highest BCUT2D eigenvalue weighted by Crippen LogP contribution is 2.28. The SMILES string of the molecule is Cc1ccc(-n2c(SCC(=O)NN=Cc3ccc(Cl)cc3)nnc2-c2ccccc2)cc1. The van der Waals surface area contributed by atoms with Gasteiger partial charge in [-0.1, -0.05) is 83.5 Å². The average molecular weight is 462 g/mol. The van der Waals surface area contributed by atoms with Crippen molar-refractivity contribution in [2.24, 2.45) is 5.10 Å². The van der Waals surface area contributed by atoms with Crippen LogP contribution >= 0.6 is 23.4 Å². The molecule has 4 rings (SSSR count). The van der Waals surface area contributed by atoms with E-state index in [1.807, 2.05) is 78.2 Å². The van der Waals surface area contributed by atoms with Gasteiger partial charge in [-0.05, 0) is 36.8 Å². The van der Waals surface area contributed by atoms with Crippen molar-refractivity contribution in [3.63, 3.8) is 0 Å². The predicted octanol–water partition coefficient (Wildman–Crippen LogP) is 5.14. The number of aromatic nitrogens is 3. The lowest BCUT2D eigenvalue weighted by atomic mass is 10.2. The molecule has 0 aliphatic rings. The fraction of sp³-hybridized carbons (Fsp3) is 0.0833. The van der Waals surface area contributed by atoms with Crippen LogP contribution in [-0.2, 0) is 4.79 Å². The van der Waals surface area contributed by atoms with E-state index >= 15 is 0 Å².